The van der Waals surface area contributed by atoms with Crippen molar-refractivity contribution < 1.29 is 22.7 Å². The van der Waals surface area contributed by atoms with Crippen LogP contribution in [0, 0.1) is 13.8 Å². The van der Waals surface area contributed by atoms with Gasteiger partial charge in [-0.1, -0.05) is 47.5 Å². The Balaban J connectivity index is 1.57. The molecule has 4 rings (SSSR count). The van der Waals surface area contributed by atoms with Crippen LogP contribution in [0.25, 0.3) is 0 Å². The van der Waals surface area contributed by atoms with Gasteiger partial charge in [0.2, 0.25) is 5.91 Å². The molecule has 3 aromatic rings. The van der Waals surface area contributed by atoms with Crippen LogP contribution in [-0.4, -0.2) is 46.0 Å². The van der Waals surface area contributed by atoms with Gasteiger partial charge in [0, 0.05) is 18.2 Å². The number of ether oxygens (including phenoxy) is 1. The van der Waals surface area contributed by atoms with Crippen LogP contribution < -0.4 is 14.9 Å². The fourth-order valence-corrected chi connectivity index (χ4v) is 5.69. The van der Waals surface area contributed by atoms with Crippen LogP contribution in [-0.2, 0) is 19.6 Å². The molecule has 0 bridgehead atoms. The lowest BCUT2D eigenvalue weighted by molar-refractivity contribution is -0.114. The maximum atomic E-state index is 13.6. The van der Waals surface area contributed by atoms with Crippen LogP contribution in [0.3, 0.4) is 0 Å². The number of aryl methyl sites for hydroxylation is 2. The Bertz CT molecular complexity index is 1420. The van der Waals surface area contributed by atoms with Gasteiger partial charge in [-0.05, 0) is 68.7 Å². The maximum absolute atomic E-state index is 13.6. The van der Waals surface area contributed by atoms with Crippen LogP contribution in [0.2, 0.25) is 5.02 Å². The summed E-state index contributed by atoms with van der Waals surface area (Å²) < 4.78 is 33.8. The molecule has 0 saturated carbocycles. The van der Waals surface area contributed by atoms with E-state index in [4.69, 9.17) is 16.3 Å². The number of nitrogens with zero attached hydrogens (tertiary/aromatic N) is 1. The molecule has 0 aliphatic carbocycles. The minimum Gasteiger partial charge on any atom is -0.376 e. The van der Waals surface area contributed by atoms with Crippen molar-refractivity contribution in [2.75, 3.05) is 29.3 Å². The second kappa shape index (κ2) is 12.0. The molecule has 1 aliphatic rings. The number of amides is 2. The van der Waals surface area contributed by atoms with Crippen LogP contribution in [0.5, 0.6) is 0 Å². The molecule has 2 amide bonds. The zero-order valence-electron chi connectivity index (χ0n) is 21.2. The number of halogens is 1. The third kappa shape index (κ3) is 6.53. The molecule has 0 aromatic heterocycles. The van der Waals surface area contributed by atoms with Crippen LogP contribution >= 0.6 is 11.6 Å². The van der Waals surface area contributed by atoms with Crippen molar-refractivity contribution in [3.05, 3.63) is 88.4 Å². The van der Waals surface area contributed by atoms with Gasteiger partial charge in [-0.25, -0.2) is 8.42 Å². The third-order valence-electron chi connectivity index (χ3n) is 6.30. The molecule has 1 atom stereocenters. The number of nitrogens with one attached hydrogen (secondary N) is 2. The molecule has 1 aliphatic heterocycles. The summed E-state index contributed by atoms with van der Waals surface area (Å²) in [5, 5.41) is 5.93. The van der Waals surface area contributed by atoms with Crippen molar-refractivity contribution in [1.29, 1.82) is 0 Å². The predicted octanol–water partition coefficient (Wildman–Crippen LogP) is 4.70. The van der Waals surface area contributed by atoms with E-state index in [1.165, 1.54) is 18.2 Å². The molecular weight excluding hydrogens is 526 g/mol. The highest BCUT2D eigenvalue weighted by Crippen LogP contribution is 2.28. The third-order valence-corrected chi connectivity index (χ3v) is 8.49. The minimum atomic E-state index is -4.11. The molecule has 3 aromatic carbocycles. The molecule has 38 heavy (non-hydrogen) atoms. The minimum absolute atomic E-state index is 0.0254. The summed E-state index contributed by atoms with van der Waals surface area (Å²) in [6.07, 6.45) is 1.82. The highest BCUT2D eigenvalue weighted by molar-refractivity contribution is 7.92. The van der Waals surface area contributed by atoms with Crippen molar-refractivity contribution >= 4 is 44.8 Å². The first-order valence-corrected chi connectivity index (χ1v) is 14.1. The van der Waals surface area contributed by atoms with Crippen molar-refractivity contribution in [1.82, 2.24) is 5.32 Å². The molecule has 10 heteroatoms. The fourth-order valence-electron chi connectivity index (χ4n) is 4.11. The standard InChI is InChI=1S/C28H30ClN3O5S/c1-19-9-13-23(14-10-19)38(35,36)32(21-12-11-20(2)25(29)16-21)18-27(33)31-26-8-4-3-7-24(26)28(34)30-17-22-6-5-15-37-22/h3-4,7-14,16,22H,5-6,15,17-18H2,1-2H3,(H,30,34)(H,31,33)/t22-/m0/s1. The number of rotatable bonds is 9. The normalized spacial score (nSPS) is 15.2. The highest BCUT2D eigenvalue weighted by Gasteiger charge is 2.28. The zero-order valence-corrected chi connectivity index (χ0v) is 22.8. The number of hydrogen-bond donors (Lipinski definition) is 2. The van der Waals surface area contributed by atoms with Gasteiger partial charge < -0.3 is 15.4 Å². The van der Waals surface area contributed by atoms with Gasteiger partial charge in [0.15, 0.2) is 0 Å². The summed E-state index contributed by atoms with van der Waals surface area (Å²) in [6, 6.07) is 17.8. The number of para-hydroxylation sites is 1. The SMILES string of the molecule is Cc1ccc(S(=O)(=O)N(CC(=O)Nc2ccccc2C(=O)NC[C@@H]2CCCO2)c2ccc(C)c(Cl)c2)cc1. The Morgan fingerprint density at radius 3 is 2.47 bits per heavy atom. The first kappa shape index (κ1) is 27.6. The molecular formula is C28H30ClN3O5S. The molecule has 0 radical (unpaired) electrons. The van der Waals surface area contributed by atoms with Crippen molar-refractivity contribution in [3.8, 4) is 0 Å². The van der Waals surface area contributed by atoms with Gasteiger partial charge in [0.25, 0.3) is 15.9 Å². The molecule has 8 nitrogen and oxygen atoms in total. The van der Waals surface area contributed by atoms with E-state index in [0.29, 0.717) is 18.2 Å². The maximum Gasteiger partial charge on any atom is 0.264 e. The van der Waals surface area contributed by atoms with Crippen LogP contribution in [0.1, 0.15) is 34.3 Å². The van der Waals surface area contributed by atoms with E-state index in [-0.39, 0.29) is 33.8 Å². The Kier molecular flexibility index (Phi) is 8.71. The highest BCUT2D eigenvalue weighted by atomic mass is 35.5. The Morgan fingerprint density at radius 2 is 1.79 bits per heavy atom. The van der Waals surface area contributed by atoms with E-state index in [1.807, 2.05) is 6.92 Å². The lowest BCUT2D eigenvalue weighted by Crippen LogP contribution is -2.38. The largest absolute Gasteiger partial charge is 0.376 e. The number of carbonyl (C=O) groups is 2. The lowest BCUT2D eigenvalue weighted by atomic mass is 10.1. The molecule has 200 valence electrons. The summed E-state index contributed by atoms with van der Waals surface area (Å²) >= 11 is 6.30. The first-order valence-electron chi connectivity index (χ1n) is 12.3. The summed E-state index contributed by atoms with van der Waals surface area (Å²) in [5.41, 5.74) is 2.47. The zero-order chi connectivity index (χ0) is 27.3. The van der Waals surface area contributed by atoms with E-state index in [9.17, 15) is 18.0 Å². The summed E-state index contributed by atoms with van der Waals surface area (Å²) in [5.74, 6) is -0.970. The average molecular weight is 556 g/mol. The number of anilines is 2. The van der Waals surface area contributed by atoms with Crippen molar-refractivity contribution in [2.45, 2.75) is 37.7 Å². The predicted molar refractivity (Wildman–Crippen MR) is 148 cm³/mol. The number of carbonyl (C=O) groups excluding carboxylic acids is 2. The Hall–Kier alpha value is -3.40. The monoisotopic (exact) mass is 555 g/mol. The quantitative estimate of drug-likeness (QED) is 0.398. The van der Waals surface area contributed by atoms with Crippen LogP contribution in [0.4, 0.5) is 11.4 Å². The van der Waals surface area contributed by atoms with Gasteiger partial charge >= 0.3 is 0 Å². The molecule has 2 N–H and O–H groups in total. The van der Waals surface area contributed by atoms with E-state index in [2.05, 4.69) is 10.6 Å². The van der Waals surface area contributed by atoms with Gasteiger partial charge in [-0.3, -0.25) is 13.9 Å². The van der Waals surface area contributed by atoms with E-state index >= 15 is 0 Å². The fraction of sp³-hybridized carbons (Fsp3) is 0.286. The lowest BCUT2D eigenvalue weighted by Gasteiger charge is -2.25. The number of hydrogen-bond acceptors (Lipinski definition) is 5. The van der Waals surface area contributed by atoms with Gasteiger partial charge in [-0.2, -0.15) is 0 Å². The van der Waals surface area contributed by atoms with Crippen LogP contribution in [0.15, 0.2) is 71.6 Å². The molecule has 1 fully saturated rings. The Morgan fingerprint density at radius 1 is 1.05 bits per heavy atom. The molecule has 0 spiro atoms. The summed E-state index contributed by atoms with van der Waals surface area (Å²) in [6.45, 7) is 4.19. The topological polar surface area (TPSA) is 105 Å². The van der Waals surface area contributed by atoms with E-state index in [0.717, 1.165) is 28.3 Å². The summed E-state index contributed by atoms with van der Waals surface area (Å²) in [7, 11) is -4.11. The molecule has 1 heterocycles. The first-order chi connectivity index (χ1) is 18.1. The summed E-state index contributed by atoms with van der Waals surface area (Å²) in [4.78, 5) is 26.1. The number of benzene rings is 3. The van der Waals surface area contributed by atoms with Gasteiger partial charge in [0.05, 0.1) is 27.9 Å². The van der Waals surface area contributed by atoms with E-state index < -0.39 is 22.5 Å². The second-order valence-corrected chi connectivity index (χ2v) is 11.5. The van der Waals surface area contributed by atoms with Crippen molar-refractivity contribution in [3.63, 3.8) is 0 Å². The number of sulfonamides is 1. The van der Waals surface area contributed by atoms with Gasteiger partial charge in [-0.15, -0.1) is 0 Å². The second-order valence-electron chi connectivity index (χ2n) is 9.20. The van der Waals surface area contributed by atoms with E-state index in [1.54, 1.807) is 55.5 Å². The molecule has 0 unspecified atom stereocenters. The van der Waals surface area contributed by atoms with Crippen molar-refractivity contribution in [2.24, 2.45) is 0 Å². The average Bonchev–Trinajstić information content (AvgIpc) is 3.42. The Labute approximate surface area is 228 Å². The van der Waals surface area contributed by atoms with Gasteiger partial charge in [0.1, 0.15) is 6.54 Å². The molecule has 1 saturated heterocycles. The smallest absolute Gasteiger partial charge is 0.264 e.